The summed E-state index contributed by atoms with van der Waals surface area (Å²) in [6.07, 6.45) is 0.124. The van der Waals surface area contributed by atoms with Gasteiger partial charge in [-0.1, -0.05) is 0 Å². The summed E-state index contributed by atoms with van der Waals surface area (Å²) in [5.41, 5.74) is 6.38. The highest BCUT2D eigenvalue weighted by Crippen LogP contribution is 2.43. The van der Waals surface area contributed by atoms with Crippen LogP contribution in [-0.2, 0) is 13.6 Å². The number of nitrogens with one attached hydrogen (secondary N) is 1. The van der Waals surface area contributed by atoms with Crippen molar-refractivity contribution in [3.05, 3.63) is 73.0 Å². The normalized spacial score (nSPS) is 11.4. The summed E-state index contributed by atoms with van der Waals surface area (Å²) in [5, 5.41) is 22.0. The van der Waals surface area contributed by atoms with Gasteiger partial charge in [0, 0.05) is 24.2 Å². The molecule has 0 atom stereocenters. The summed E-state index contributed by atoms with van der Waals surface area (Å²) in [6, 6.07) is 4.05. The summed E-state index contributed by atoms with van der Waals surface area (Å²) in [6.45, 7) is 1.68. The van der Waals surface area contributed by atoms with Crippen LogP contribution in [0.4, 0.5) is 20.3 Å². The average Bonchev–Trinajstić information content (AvgIpc) is 3.65. The molecule has 0 aliphatic carbocycles. The van der Waals surface area contributed by atoms with Crippen molar-refractivity contribution in [1.82, 2.24) is 24.5 Å². The lowest BCUT2D eigenvalue weighted by Gasteiger charge is -2.10. The molecule has 0 spiro atoms. The number of nitrogens with two attached hydrogens (primary N) is 1. The fourth-order valence-electron chi connectivity index (χ4n) is 4.11. The van der Waals surface area contributed by atoms with Gasteiger partial charge in [0.25, 0.3) is 18.2 Å². The zero-order valence-corrected chi connectivity index (χ0v) is 22.9. The van der Waals surface area contributed by atoms with Crippen molar-refractivity contribution in [2.24, 2.45) is 12.8 Å². The van der Waals surface area contributed by atoms with Gasteiger partial charge in [0.05, 0.1) is 22.7 Å². The van der Waals surface area contributed by atoms with Gasteiger partial charge in [0.2, 0.25) is 0 Å². The van der Waals surface area contributed by atoms with Crippen molar-refractivity contribution in [2.75, 3.05) is 5.32 Å². The van der Waals surface area contributed by atoms with E-state index in [0.717, 1.165) is 11.3 Å². The molecular weight excluding hydrogens is 618 g/mol. The number of furan rings is 1. The molecule has 0 aliphatic heterocycles. The Bertz CT molecular complexity index is 1820. The maximum Gasteiger partial charge on any atom is 0.404 e. The van der Waals surface area contributed by atoms with Crippen LogP contribution >= 0.6 is 27.3 Å². The van der Waals surface area contributed by atoms with Crippen LogP contribution in [0.2, 0.25) is 0 Å². The maximum absolute atomic E-state index is 13.7. The Morgan fingerprint density at radius 1 is 1.27 bits per heavy atom. The summed E-state index contributed by atoms with van der Waals surface area (Å²) >= 11 is 3.84. The third-order valence-corrected chi connectivity index (χ3v) is 7.40. The van der Waals surface area contributed by atoms with E-state index >= 15 is 0 Å². The highest BCUT2D eigenvalue weighted by atomic mass is 79.9. The van der Waals surface area contributed by atoms with Crippen LogP contribution in [0.25, 0.3) is 21.3 Å². The maximum atomic E-state index is 13.7. The van der Waals surface area contributed by atoms with E-state index in [1.165, 1.54) is 33.8 Å². The molecule has 0 unspecified atom stereocenters. The number of anilines is 1. The average molecular weight is 635 g/mol. The first-order chi connectivity index (χ1) is 18.9. The minimum absolute atomic E-state index is 0.00588. The SMILES string of the molecule is Cc1nn(C)cc1-c1cc(C(F)F)nc2sc(C(N)=O)c(NC(=O)c3ccc(Cn4cc(Br)c([N+](=O)[O-])n4)o3)c12. The Kier molecular flexibility index (Phi) is 6.92. The van der Waals surface area contributed by atoms with Crippen LogP contribution in [0.15, 0.2) is 39.5 Å². The van der Waals surface area contributed by atoms with E-state index in [1.54, 1.807) is 20.2 Å². The van der Waals surface area contributed by atoms with Crippen LogP contribution in [0.5, 0.6) is 0 Å². The molecule has 2 amide bonds. The third-order valence-electron chi connectivity index (χ3n) is 5.75. The van der Waals surface area contributed by atoms with Gasteiger partial charge in [0.1, 0.15) is 32.2 Å². The molecule has 3 N–H and O–H groups in total. The second kappa shape index (κ2) is 10.2. The lowest BCUT2D eigenvalue weighted by atomic mass is 10.0. The van der Waals surface area contributed by atoms with Gasteiger partial charge in [0.15, 0.2) is 5.76 Å². The number of rotatable bonds is 8. The lowest BCUT2D eigenvalue weighted by Crippen LogP contribution is -2.16. The molecular formula is C23H17BrF2N8O5S. The quantitative estimate of drug-likeness (QED) is 0.180. The molecule has 13 nitrogen and oxygen atoms in total. The van der Waals surface area contributed by atoms with E-state index < -0.39 is 28.9 Å². The van der Waals surface area contributed by atoms with Crippen LogP contribution in [0.3, 0.4) is 0 Å². The Morgan fingerprint density at radius 2 is 2.02 bits per heavy atom. The van der Waals surface area contributed by atoms with Crippen molar-refractivity contribution in [2.45, 2.75) is 19.9 Å². The predicted octanol–water partition coefficient (Wildman–Crippen LogP) is 4.80. The lowest BCUT2D eigenvalue weighted by molar-refractivity contribution is -0.390. The van der Waals surface area contributed by atoms with Crippen molar-refractivity contribution >= 4 is 60.8 Å². The molecule has 0 saturated heterocycles. The van der Waals surface area contributed by atoms with Crippen molar-refractivity contribution in [1.29, 1.82) is 0 Å². The Labute approximate surface area is 234 Å². The standard InChI is InChI=1S/C23H17BrF2N8O5S/c1-9-12(7-32(2)30-9)11-5-14(19(25)26)28-23-16(11)17(18(40-23)20(27)35)29-22(36)15-4-3-10(39-15)6-33-8-13(24)21(31-33)34(37)38/h3-5,7-8,19H,6H2,1-2H3,(H2,27,35)(H,29,36). The van der Waals surface area contributed by atoms with Crippen LogP contribution in [0, 0.1) is 17.0 Å². The highest BCUT2D eigenvalue weighted by molar-refractivity contribution is 9.10. The number of carbonyl (C=O) groups excluding carboxylic acids is 2. The van der Waals surface area contributed by atoms with E-state index in [2.05, 4.69) is 36.4 Å². The molecule has 0 bridgehead atoms. The largest absolute Gasteiger partial charge is 0.454 e. The zero-order valence-electron chi connectivity index (χ0n) is 20.5. The van der Waals surface area contributed by atoms with Crippen LogP contribution in [0.1, 0.15) is 43.8 Å². The van der Waals surface area contributed by atoms with Gasteiger partial charge in [-0.15, -0.1) is 11.3 Å². The topological polar surface area (TPSA) is 177 Å². The Morgan fingerprint density at radius 3 is 2.62 bits per heavy atom. The number of amides is 2. The fraction of sp³-hybridized carbons (Fsp3) is 0.174. The molecule has 5 aromatic heterocycles. The number of pyridine rings is 1. The van der Waals surface area contributed by atoms with Crippen molar-refractivity contribution in [3.8, 4) is 11.1 Å². The van der Waals surface area contributed by atoms with Gasteiger partial charge in [-0.25, -0.2) is 13.8 Å². The van der Waals surface area contributed by atoms with Gasteiger partial charge in [-0.2, -0.15) is 9.78 Å². The predicted molar refractivity (Wildman–Crippen MR) is 142 cm³/mol. The van der Waals surface area contributed by atoms with E-state index in [9.17, 15) is 28.5 Å². The van der Waals surface area contributed by atoms with Crippen molar-refractivity contribution < 1.29 is 27.7 Å². The number of nitro groups is 1. The first-order valence-corrected chi connectivity index (χ1v) is 12.9. The van der Waals surface area contributed by atoms with E-state index in [-0.39, 0.29) is 54.7 Å². The summed E-state index contributed by atoms with van der Waals surface area (Å²) < 4.78 is 36.0. The van der Waals surface area contributed by atoms with E-state index in [1.807, 2.05) is 0 Å². The van der Waals surface area contributed by atoms with E-state index in [4.69, 9.17) is 10.2 Å². The number of fused-ring (bicyclic) bond motifs is 1. The molecule has 0 saturated carbocycles. The van der Waals surface area contributed by atoms with Gasteiger partial charge >= 0.3 is 5.82 Å². The number of carbonyl (C=O) groups is 2. The number of halogens is 3. The summed E-state index contributed by atoms with van der Waals surface area (Å²) in [7, 11) is 1.67. The number of thiophene rings is 1. The van der Waals surface area contributed by atoms with Gasteiger partial charge in [-0.3, -0.25) is 14.3 Å². The number of hydrogen-bond donors (Lipinski definition) is 2. The second-order valence-corrected chi connectivity index (χ2v) is 10.4. The number of primary amides is 1. The number of aryl methyl sites for hydroxylation is 2. The number of alkyl halides is 2. The summed E-state index contributed by atoms with van der Waals surface area (Å²) in [5.74, 6) is -1.92. The molecule has 5 aromatic rings. The molecule has 17 heteroatoms. The molecule has 0 aliphatic rings. The van der Waals surface area contributed by atoms with Gasteiger partial charge < -0.3 is 25.6 Å². The third kappa shape index (κ3) is 4.95. The number of aromatic nitrogens is 5. The van der Waals surface area contributed by atoms with Gasteiger partial charge in [-0.05, 0) is 51.5 Å². The molecule has 0 fully saturated rings. The first-order valence-electron chi connectivity index (χ1n) is 11.3. The zero-order chi connectivity index (χ0) is 28.9. The molecule has 206 valence electrons. The van der Waals surface area contributed by atoms with Crippen LogP contribution < -0.4 is 11.1 Å². The van der Waals surface area contributed by atoms with Crippen LogP contribution in [-0.4, -0.2) is 41.3 Å². The highest BCUT2D eigenvalue weighted by Gasteiger charge is 2.27. The minimum atomic E-state index is -2.89. The minimum Gasteiger partial charge on any atom is -0.454 e. The van der Waals surface area contributed by atoms with Crippen molar-refractivity contribution in [3.63, 3.8) is 0 Å². The monoisotopic (exact) mass is 634 g/mol. The molecule has 0 radical (unpaired) electrons. The Hall–Kier alpha value is -4.51. The number of hydrogen-bond acceptors (Lipinski definition) is 9. The molecule has 5 rings (SSSR count). The molecule has 40 heavy (non-hydrogen) atoms. The molecule has 5 heterocycles. The first kappa shape index (κ1) is 27.1. The number of nitrogens with zero attached hydrogens (tertiary/aromatic N) is 6. The molecule has 0 aromatic carbocycles. The second-order valence-electron chi connectivity index (χ2n) is 8.52. The Balaban J connectivity index is 1.54. The summed E-state index contributed by atoms with van der Waals surface area (Å²) in [4.78, 5) is 39.9. The van der Waals surface area contributed by atoms with E-state index in [0.29, 0.717) is 11.3 Å². The smallest absolute Gasteiger partial charge is 0.404 e. The fourth-order valence-corrected chi connectivity index (χ4v) is 5.58.